The molecule has 116 heavy (non-hydrogen) atoms. The summed E-state index contributed by atoms with van der Waals surface area (Å²) in [5.41, 5.74) is 42.3. The van der Waals surface area contributed by atoms with Crippen LogP contribution in [0.25, 0.3) is 105 Å². The Hall–Kier alpha value is -14.1. The summed E-state index contributed by atoms with van der Waals surface area (Å²) in [6.07, 6.45) is 0. The third kappa shape index (κ3) is 9.54. The number of rotatable bonds is 8. The van der Waals surface area contributed by atoms with Crippen molar-refractivity contribution in [1.82, 2.24) is 4.40 Å². The van der Waals surface area contributed by atoms with E-state index in [9.17, 15) is 0 Å². The SMILES string of the molecule is CC(C)(C)c1cc2c3c(c1)N(c1c(-c4ccccc4)cccc1-c1ccccc1)c1ccccc1B3c1cc3c4cccc5c6cc7c(cc6n(c3cc1N2c1ccccc1-c1ccccc1)c45)N(c1ccccc1-c1ccccc1)c1cc2cc3c1B7c1ccccc1N3c1c(-c3ccccc3)cccc1-c1ccc(cc1)C2(C)C. The summed E-state index contributed by atoms with van der Waals surface area (Å²) < 4.78 is 2.67. The summed E-state index contributed by atoms with van der Waals surface area (Å²) in [6, 6.07) is 144. The molecule has 0 spiro atoms. The lowest BCUT2D eigenvalue weighted by atomic mass is 9.33. The molecule has 0 unspecified atom stereocenters. The fraction of sp³-hybridized carbons (Fsp3) is 0.0642. The first-order valence-electron chi connectivity index (χ1n) is 40.9. The van der Waals surface area contributed by atoms with Crippen LogP contribution in [0.3, 0.4) is 0 Å². The molecule has 7 heteroatoms. The van der Waals surface area contributed by atoms with Gasteiger partial charge >= 0.3 is 0 Å². The van der Waals surface area contributed by atoms with Gasteiger partial charge in [-0.2, -0.15) is 0 Å². The van der Waals surface area contributed by atoms with Crippen LogP contribution in [-0.4, -0.2) is 17.8 Å². The van der Waals surface area contributed by atoms with Crippen molar-refractivity contribution in [3.63, 3.8) is 0 Å². The highest BCUT2D eigenvalue weighted by atomic mass is 15.2. The summed E-state index contributed by atoms with van der Waals surface area (Å²) in [5.74, 6) is 0. The van der Waals surface area contributed by atoms with Gasteiger partial charge in [-0.05, 0) is 149 Å². The monoisotopic (exact) mass is 1480 g/mol. The quantitative estimate of drug-likeness (QED) is 0.141. The molecule has 6 aliphatic rings. The first kappa shape index (κ1) is 66.5. The van der Waals surface area contributed by atoms with Gasteiger partial charge in [-0.25, -0.2) is 0 Å². The number of fused-ring (bicyclic) bond motifs is 16. The minimum atomic E-state index is -0.426. The van der Waals surface area contributed by atoms with Gasteiger partial charge in [0.05, 0.1) is 39.3 Å². The Bertz CT molecular complexity index is 7230. The smallest absolute Gasteiger partial charge is 0.252 e. The van der Waals surface area contributed by atoms with Crippen LogP contribution >= 0.6 is 0 Å². The lowest BCUT2D eigenvalue weighted by molar-refractivity contribution is 0.590. The second kappa shape index (κ2) is 24.9. The molecule has 0 amide bonds. The predicted octanol–water partition coefficient (Wildman–Crippen LogP) is 24.9. The number of nitrogens with zero attached hydrogens (tertiary/aromatic N) is 5. The molecule has 8 heterocycles. The lowest BCUT2D eigenvalue weighted by Crippen LogP contribution is -2.61. The first-order chi connectivity index (χ1) is 57.0. The average Bonchev–Trinajstić information content (AvgIpc) is 1.33. The fourth-order valence-corrected chi connectivity index (χ4v) is 20.8. The summed E-state index contributed by atoms with van der Waals surface area (Å²) >= 11 is 0. The molecule has 5 nitrogen and oxygen atoms in total. The maximum absolute atomic E-state index is 2.69. The van der Waals surface area contributed by atoms with Gasteiger partial charge in [0.1, 0.15) is 0 Å². The Labute approximate surface area is 677 Å². The minimum Gasteiger partial charge on any atom is -0.311 e. The van der Waals surface area contributed by atoms with Crippen LogP contribution in [0.4, 0.5) is 68.2 Å². The van der Waals surface area contributed by atoms with Crippen molar-refractivity contribution in [2.24, 2.45) is 0 Å². The predicted molar refractivity (Wildman–Crippen MR) is 493 cm³/mol. The number of aromatic nitrogens is 1. The number of anilines is 12. The van der Waals surface area contributed by atoms with E-state index < -0.39 is 5.41 Å². The molecule has 0 saturated carbocycles. The molecule has 2 aromatic heterocycles. The number of benzene rings is 17. The zero-order valence-corrected chi connectivity index (χ0v) is 65.2. The Kier molecular flexibility index (Phi) is 14.3. The van der Waals surface area contributed by atoms with Crippen LogP contribution in [0.5, 0.6) is 0 Å². The Morgan fingerprint density at radius 2 is 0.569 bits per heavy atom. The van der Waals surface area contributed by atoms with Crippen molar-refractivity contribution in [3.05, 3.63) is 393 Å². The highest BCUT2D eigenvalue weighted by Gasteiger charge is 2.49. The van der Waals surface area contributed by atoms with Gasteiger partial charge in [-0.15, -0.1) is 0 Å². The summed E-state index contributed by atoms with van der Waals surface area (Å²) in [6.45, 7) is 11.7. The molecule has 0 N–H and O–H groups in total. The zero-order valence-electron chi connectivity index (χ0n) is 65.2. The Balaban J connectivity index is 0.809. The van der Waals surface area contributed by atoms with E-state index in [0.29, 0.717) is 0 Å². The van der Waals surface area contributed by atoms with Gasteiger partial charge in [0.2, 0.25) is 0 Å². The molecule has 4 bridgehead atoms. The van der Waals surface area contributed by atoms with Gasteiger partial charge in [0, 0.05) is 106 Å². The van der Waals surface area contributed by atoms with E-state index in [0.717, 1.165) is 50.7 Å². The maximum atomic E-state index is 2.69. The van der Waals surface area contributed by atoms with Crippen LogP contribution in [-0.2, 0) is 10.8 Å². The highest BCUT2D eigenvalue weighted by Crippen LogP contribution is 2.57. The van der Waals surface area contributed by atoms with Crippen LogP contribution in [0.1, 0.15) is 51.3 Å². The van der Waals surface area contributed by atoms with E-state index in [-0.39, 0.29) is 18.8 Å². The third-order valence-corrected chi connectivity index (χ3v) is 26.2. The molecule has 0 aliphatic carbocycles. The van der Waals surface area contributed by atoms with E-state index >= 15 is 0 Å². The molecule has 0 fully saturated rings. The standard InChI is InChI=1S/C109H77B2N5/c1-108(2,3)75-60-99-103-101(61-75)114(105-79(70-36-15-8-16-37-70)44-29-45-80(105)71-38-17-9-18-39-71)93-54-27-23-50-87(93)110(103)89-64-85-83-48-31-49-84-86-65-90-98(67-96(86)116(107(83)84)95(85)66-97(89)112(99)91-52-25-21-42-77(91)68-32-11-6-12-33-68)113(92-53-26-22-43-78(92)69-34-13-7-14-35-69)100-62-76-63-102-104(100)111(90)88-51-24-28-55-94(88)115(102)106-81(72-40-19-10-20-41-72)46-30-47-82(106)73-56-58-74(59-57-73)109(76,4)5/h6-67H,1-5H3. The van der Waals surface area contributed by atoms with Crippen LogP contribution in [0.15, 0.2) is 376 Å². The largest absolute Gasteiger partial charge is 0.311 e. The third-order valence-electron chi connectivity index (χ3n) is 26.2. The second-order valence-electron chi connectivity index (χ2n) is 33.8. The molecular formula is C109H77B2N5. The molecule has 6 aliphatic heterocycles. The number of hydrogen-bond acceptors (Lipinski definition) is 4. The van der Waals surface area contributed by atoms with Crippen molar-refractivity contribution in [3.8, 4) is 66.8 Å². The van der Waals surface area contributed by atoms with Crippen LogP contribution in [0.2, 0.25) is 0 Å². The molecule has 544 valence electrons. The van der Waals surface area contributed by atoms with Crippen molar-refractivity contribution < 1.29 is 0 Å². The van der Waals surface area contributed by atoms with Crippen molar-refractivity contribution in [2.75, 3.05) is 19.6 Å². The summed E-state index contributed by atoms with van der Waals surface area (Å²) in [4.78, 5) is 10.7. The average molecular weight is 1480 g/mol. The van der Waals surface area contributed by atoms with Gasteiger partial charge in [0.15, 0.2) is 0 Å². The van der Waals surface area contributed by atoms with Crippen LogP contribution in [0, 0.1) is 0 Å². The Morgan fingerprint density at radius 3 is 0.983 bits per heavy atom. The second-order valence-corrected chi connectivity index (χ2v) is 33.8. The molecule has 17 aromatic carbocycles. The van der Waals surface area contributed by atoms with Gasteiger partial charge in [0.25, 0.3) is 13.4 Å². The number of para-hydroxylation sites is 7. The van der Waals surface area contributed by atoms with E-state index in [1.807, 2.05) is 0 Å². The minimum absolute atomic E-state index is 0.161. The summed E-state index contributed by atoms with van der Waals surface area (Å²) in [5, 5.41) is 4.93. The topological polar surface area (TPSA) is 17.4 Å². The van der Waals surface area contributed by atoms with E-state index in [4.69, 9.17) is 0 Å². The number of hydrogen-bond donors (Lipinski definition) is 0. The highest BCUT2D eigenvalue weighted by molar-refractivity contribution is 7.01. The molecule has 0 atom stereocenters. The van der Waals surface area contributed by atoms with Crippen molar-refractivity contribution in [2.45, 2.75) is 45.4 Å². The Morgan fingerprint density at radius 1 is 0.241 bits per heavy atom. The molecule has 25 rings (SSSR count). The molecule has 19 aromatic rings. The van der Waals surface area contributed by atoms with Crippen molar-refractivity contribution >= 4 is 153 Å². The first-order valence-corrected chi connectivity index (χ1v) is 40.9. The summed E-state index contributed by atoms with van der Waals surface area (Å²) in [7, 11) is 0. The van der Waals surface area contributed by atoms with E-state index in [2.05, 4.69) is 435 Å². The van der Waals surface area contributed by atoms with Gasteiger partial charge in [-0.3, -0.25) is 0 Å². The zero-order chi connectivity index (χ0) is 77.0. The fourth-order valence-electron chi connectivity index (χ4n) is 20.8. The molecule has 0 radical (unpaired) electrons. The van der Waals surface area contributed by atoms with Crippen molar-refractivity contribution in [1.29, 1.82) is 0 Å². The van der Waals surface area contributed by atoms with E-state index in [1.54, 1.807) is 0 Å². The normalized spacial score (nSPS) is 13.9. The lowest BCUT2D eigenvalue weighted by Gasteiger charge is -2.46. The van der Waals surface area contributed by atoms with Crippen LogP contribution < -0.4 is 52.4 Å². The van der Waals surface area contributed by atoms with Gasteiger partial charge < -0.3 is 24.0 Å². The molecular weight excluding hydrogens is 1400 g/mol. The van der Waals surface area contributed by atoms with Gasteiger partial charge in [-0.1, -0.05) is 350 Å². The van der Waals surface area contributed by atoms with E-state index in [1.165, 1.54) is 172 Å². The maximum Gasteiger partial charge on any atom is 0.252 e. The molecule has 0 saturated heterocycles.